The van der Waals surface area contributed by atoms with Gasteiger partial charge in [-0.15, -0.1) is 0 Å². The Morgan fingerprint density at radius 2 is 1.81 bits per heavy atom. The van der Waals surface area contributed by atoms with Crippen LogP contribution in [0.3, 0.4) is 0 Å². The van der Waals surface area contributed by atoms with Crippen LogP contribution in [0.2, 0.25) is 0 Å². The number of para-hydroxylation sites is 1. The molecule has 0 aliphatic carbocycles. The van der Waals surface area contributed by atoms with Gasteiger partial charge in [0.2, 0.25) is 11.8 Å². The van der Waals surface area contributed by atoms with Crippen molar-refractivity contribution in [1.29, 1.82) is 0 Å². The quantitative estimate of drug-likeness (QED) is 0.690. The van der Waals surface area contributed by atoms with Gasteiger partial charge in [-0.3, -0.25) is 14.5 Å². The van der Waals surface area contributed by atoms with Crippen LogP contribution in [-0.4, -0.2) is 68.6 Å². The standard InChI is InChI=1S/C24H28FN3O4/c1-31-19-7-8-22(32-2)17(13-19)15-26-9-11-27(12-10-26)24(30)18-14-23(29)28(16-18)21-6-4-3-5-20(21)25/h3-8,13,18H,9-12,14-16H2,1-2H3. The zero-order chi connectivity index (χ0) is 22.7. The first-order chi connectivity index (χ1) is 15.5. The summed E-state index contributed by atoms with van der Waals surface area (Å²) in [5.41, 5.74) is 1.28. The molecule has 1 unspecified atom stereocenters. The minimum atomic E-state index is -0.449. The van der Waals surface area contributed by atoms with Gasteiger partial charge in [-0.25, -0.2) is 4.39 Å². The molecule has 2 aliphatic rings. The maximum atomic E-state index is 14.1. The summed E-state index contributed by atoms with van der Waals surface area (Å²) in [6.45, 7) is 3.56. The van der Waals surface area contributed by atoms with Crippen LogP contribution in [0, 0.1) is 11.7 Å². The lowest BCUT2D eigenvalue weighted by atomic mass is 10.1. The van der Waals surface area contributed by atoms with Crippen LogP contribution >= 0.6 is 0 Å². The van der Waals surface area contributed by atoms with Gasteiger partial charge in [0.05, 0.1) is 25.8 Å². The van der Waals surface area contributed by atoms with Crippen LogP contribution in [0.4, 0.5) is 10.1 Å². The van der Waals surface area contributed by atoms with E-state index in [0.717, 1.165) is 30.2 Å². The van der Waals surface area contributed by atoms with Crippen LogP contribution in [-0.2, 0) is 16.1 Å². The second-order valence-corrected chi connectivity index (χ2v) is 8.14. The summed E-state index contributed by atoms with van der Waals surface area (Å²) in [4.78, 5) is 31.0. The number of amides is 2. The van der Waals surface area contributed by atoms with Crippen molar-refractivity contribution in [2.45, 2.75) is 13.0 Å². The molecule has 2 saturated heterocycles. The van der Waals surface area contributed by atoms with Gasteiger partial charge in [0.25, 0.3) is 0 Å². The van der Waals surface area contributed by atoms with Gasteiger partial charge in [-0.2, -0.15) is 0 Å². The first kappa shape index (κ1) is 22.1. The number of piperazine rings is 1. The molecular formula is C24H28FN3O4. The first-order valence-electron chi connectivity index (χ1n) is 10.8. The number of benzene rings is 2. The fourth-order valence-electron chi connectivity index (χ4n) is 4.41. The molecule has 0 saturated carbocycles. The highest BCUT2D eigenvalue weighted by Crippen LogP contribution is 2.29. The van der Waals surface area contributed by atoms with Crippen LogP contribution in [0.1, 0.15) is 12.0 Å². The Morgan fingerprint density at radius 3 is 2.50 bits per heavy atom. The number of hydrogen-bond acceptors (Lipinski definition) is 5. The van der Waals surface area contributed by atoms with E-state index >= 15 is 0 Å². The number of anilines is 1. The van der Waals surface area contributed by atoms with E-state index in [4.69, 9.17) is 9.47 Å². The summed E-state index contributed by atoms with van der Waals surface area (Å²) in [5.74, 6) is 0.456. The summed E-state index contributed by atoms with van der Waals surface area (Å²) in [5, 5.41) is 0. The second-order valence-electron chi connectivity index (χ2n) is 8.14. The predicted molar refractivity (Wildman–Crippen MR) is 118 cm³/mol. The smallest absolute Gasteiger partial charge is 0.228 e. The number of methoxy groups -OCH3 is 2. The summed E-state index contributed by atoms with van der Waals surface area (Å²) >= 11 is 0. The number of rotatable bonds is 6. The molecule has 0 bridgehead atoms. The molecule has 8 heteroatoms. The third-order valence-electron chi connectivity index (χ3n) is 6.18. The monoisotopic (exact) mass is 441 g/mol. The zero-order valence-corrected chi connectivity index (χ0v) is 18.4. The van der Waals surface area contributed by atoms with E-state index in [1.807, 2.05) is 23.1 Å². The molecule has 32 heavy (non-hydrogen) atoms. The summed E-state index contributed by atoms with van der Waals surface area (Å²) in [7, 11) is 3.28. The highest BCUT2D eigenvalue weighted by atomic mass is 19.1. The summed E-state index contributed by atoms with van der Waals surface area (Å²) < 4.78 is 24.9. The molecule has 1 atom stereocenters. The largest absolute Gasteiger partial charge is 0.497 e. The normalized spacial score (nSPS) is 19.3. The Bertz CT molecular complexity index is 991. The molecule has 2 aromatic carbocycles. The van der Waals surface area contributed by atoms with Crippen LogP contribution in [0.25, 0.3) is 0 Å². The number of carbonyl (C=O) groups excluding carboxylic acids is 2. The van der Waals surface area contributed by atoms with Gasteiger partial charge in [-0.1, -0.05) is 12.1 Å². The van der Waals surface area contributed by atoms with Gasteiger partial charge >= 0.3 is 0 Å². The molecule has 0 N–H and O–H groups in total. The molecular weight excluding hydrogens is 413 g/mol. The maximum absolute atomic E-state index is 14.1. The molecule has 2 fully saturated rings. The lowest BCUT2D eigenvalue weighted by Gasteiger charge is -2.36. The summed E-state index contributed by atoms with van der Waals surface area (Å²) in [6, 6.07) is 11.9. The van der Waals surface area contributed by atoms with Crippen molar-refractivity contribution in [3.05, 3.63) is 53.8 Å². The Balaban J connectivity index is 1.34. The minimum absolute atomic E-state index is 0.0317. The lowest BCUT2D eigenvalue weighted by molar-refractivity contribution is -0.137. The minimum Gasteiger partial charge on any atom is -0.497 e. The van der Waals surface area contributed by atoms with Crippen LogP contribution in [0.15, 0.2) is 42.5 Å². The molecule has 2 amide bonds. The molecule has 0 radical (unpaired) electrons. The Hall–Kier alpha value is -3.13. The van der Waals surface area contributed by atoms with Crippen molar-refractivity contribution in [3.8, 4) is 11.5 Å². The number of halogens is 1. The van der Waals surface area contributed by atoms with E-state index in [1.54, 1.807) is 32.4 Å². The molecule has 2 aromatic rings. The Labute approximate surface area is 187 Å². The molecule has 7 nitrogen and oxygen atoms in total. The van der Waals surface area contributed by atoms with E-state index in [9.17, 15) is 14.0 Å². The average molecular weight is 442 g/mol. The highest BCUT2D eigenvalue weighted by Gasteiger charge is 2.38. The average Bonchev–Trinajstić information content (AvgIpc) is 3.20. The number of nitrogens with zero attached hydrogens (tertiary/aromatic N) is 3. The van der Waals surface area contributed by atoms with Crippen molar-refractivity contribution in [2.24, 2.45) is 5.92 Å². The van der Waals surface area contributed by atoms with E-state index in [1.165, 1.54) is 11.0 Å². The van der Waals surface area contributed by atoms with E-state index in [2.05, 4.69) is 4.90 Å². The van der Waals surface area contributed by atoms with Gasteiger partial charge in [-0.05, 0) is 30.3 Å². The SMILES string of the molecule is COc1ccc(OC)c(CN2CCN(C(=O)C3CC(=O)N(c4ccccc4F)C3)CC2)c1. The van der Waals surface area contributed by atoms with Crippen molar-refractivity contribution in [3.63, 3.8) is 0 Å². The first-order valence-corrected chi connectivity index (χ1v) is 10.8. The van der Waals surface area contributed by atoms with Gasteiger partial charge in [0.15, 0.2) is 0 Å². The van der Waals surface area contributed by atoms with Gasteiger partial charge < -0.3 is 19.3 Å². The lowest BCUT2D eigenvalue weighted by Crippen LogP contribution is -2.50. The third-order valence-corrected chi connectivity index (χ3v) is 6.18. The fraction of sp³-hybridized carbons (Fsp3) is 0.417. The molecule has 4 rings (SSSR count). The number of ether oxygens (including phenoxy) is 2. The number of carbonyl (C=O) groups is 2. The predicted octanol–water partition coefficient (Wildman–Crippen LogP) is 2.54. The highest BCUT2D eigenvalue weighted by molar-refractivity contribution is 6.00. The molecule has 170 valence electrons. The Morgan fingerprint density at radius 1 is 1.06 bits per heavy atom. The van der Waals surface area contributed by atoms with E-state index in [0.29, 0.717) is 19.6 Å². The second kappa shape index (κ2) is 9.56. The molecule has 0 spiro atoms. The number of hydrogen-bond donors (Lipinski definition) is 0. The molecule has 2 aliphatic heterocycles. The fourth-order valence-corrected chi connectivity index (χ4v) is 4.41. The van der Waals surface area contributed by atoms with E-state index < -0.39 is 11.7 Å². The van der Waals surface area contributed by atoms with Crippen molar-refractivity contribution in [2.75, 3.05) is 51.8 Å². The van der Waals surface area contributed by atoms with Crippen molar-refractivity contribution in [1.82, 2.24) is 9.80 Å². The van der Waals surface area contributed by atoms with Crippen molar-refractivity contribution >= 4 is 17.5 Å². The Kier molecular flexibility index (Phi) is 6.60. The van der Waals surface area contributed by atoms with Crippen molar-refractivity contribution < 1.29 is 23.5 Å². The topological polar surface area (TPSA) is 62.3 Å². The summed E-state index contributed by atoms with van der Waals surface area (Å²) in [6.07, 6.45) is 0.119. The van der Waals surface area contributed by atoms with Gasteiger partial charge in [0.1, 0.15) is 17.3 Å². The third kappa shape index (κ3) is 4.55. The molecule has 2 heterocycles. The molecule has 0 aromatic heterocycles. The van der Waals surface area contributed by atoms with E-state index in [-0.39, 0.29) is 30.5 Å². The maximum Gasteiger partial charge on any atom is 0.228 e. The van der Waals surface area contributed by atoms with Gasteiger partial charge in [0, 0.05) is 51.3 Å². The zero-order valence-electron chi connectivity index (χ0n) is 18.4. The van der Waals surface area contributed by atoms with Crippen LogP contribution < -0.4 is 14.4 Å². The van der Waals surface area contributed by atoms with Crippen LogP contribution in [0.5, 0.6) is 11.5 Å².